The van der Waals surface area contributed by atoms with Gasteiger partial charge in [0.05, 0.1) is 17.3 Å². The molecule has 0 bridgehead atoms. The highest BCUT2D eigenvalue weighted by Gasteiger charge is 2.24. The molecule has 0 N–H and O–H groups in total. The van der Waals surface area contributed by atoms with Gasteiger partial charge >= 0.3 is 0 Å². The fourth-order valence-corrected chi connectivity index (χ4v) is 5.42. The van der Waals surface area contributed by atoms with Crippen LogP contribution in [0.4, 0.5) is 0 Å². The van der Waals surface area contributed by atoms with E-state index in [-0.39, 0.29) is 12.0 Å². The van der Waals surface area contributed by atoms with Gasteiger partial charge in [-0.15, -0.1) is 11.8 Å². The summed E-state index contributed by atoms with van der Waals surface area (Å²) in [5.41, 5.74) is 0.921. The van der Waals surface area contributed by atoms with E-state index >= 15 is 0 Å². The summed E-state index contributed by atoms with van der Waals surface area (Å²) in [6.45, 7) is 1.49. The Kier molecular flexibility index (Phi) is 7.58. The van der Waals surface area contributed by atoms with E-state index < -0.39 is 0 Å². The van der Waals surface area contributed by atoms with Crippen LogP contribution in [0.3, 0.4) is 0 Å². The number of halogens is 1. The Labute approximate surface area is 195 Å². The predicted octanol–water partition coefficient (Wildman–Crippen LogP) is 5.90. The average Bonchev–Trinajstić information content (AvgIpc) is 3.19. The van der Waals surface area contributed by atoms with Gasteiger partial charge in [0.2, 0.25) is 5.91 Å². The van der Waals surface area contributed by atoms with Crippen molar-refractivity contribution in [3.8, 4) is 10.9 Å². The number of ether oxygens (including phenoxy) is 2. The molecule has 1 fully saturated rings. The predicted molar refractivity (Wildman–Crippen MR) is 128 cm³/mol. The number of fused-ring (bicyclic) bond motifs is 1. The van der Waals surface area contributed by atoms with E-state index in [9.17, 15) is 4.79 Å². The van der Waals surface area contributed by atoms with Gasteiger partial charge < -0.3 is 14.4 Å². The molecule has 8 heteroatoms. The van der Waals surface area contributed by atoms with Gasteiger partial charge in [-0.3, -0.25) is 4.79 Å². The first-order valence-corrected chi connectivity index (χ1v) is 12.6. The summed E-state index contributed by atoms with van der Waals surface area (Å²) < 4.78 is 12.4. The van der Waals surface area contributed by atoms with Crippen molar-refractivity contribution in [2.45, 2.75) is 36.7 Å². The number of benzene rings is 2. The number of methoxy groups -OCH3 is 1. The van der Waals surface area contributed by atoms with Crippen LogP contribution < -0.4 is 9.47 Å². The smallest absolute Gasteiger partial charge is 0.274 e. The second kappa shape index (κ2) is 10.6. The van der Waals surface area contributed by atoms with Crippen LogP contribution in [0.5, 0.6) is 10.9 Å². The highest BCUT2D eigenvalue weighted by molar-refractivity contribution is 7.99. The molecule has 2 heterocycles. The number of likely N-dealkylation sites (tertiary alicyclic amines) is 1. The molecule has 5 nitrogen and oxygen atoms in total. The Morgan fingerprint density at radius 2 is 2.00 bits per heavy atom. The maximum atomic E-state index is 12.5. The molecule has 31 heavy (non-hydrogen) atoms. The molecular formula is C23H25ClN2O3S2. The van der Waals surface area contributed by atoms with Crippen LogP contribution in [0, 0.1) is 0 Å². The van der Waals surface area contributed by atoms with Crippen LogP contribution in [-0.4, -0.2) is 47.8 Å². The van der Waals surface area contributed by atoms with Gasteiger partial charge in [-0.25, -0.2) is 4.98 Å². The number of hydrogen-bond acceptors (Lipinski definition) is 6. The van der Waals surface area contributed by atoms with Crippen molar-refractivity contribution in [3.05, 3.63) is 47.5 Å². The SMILES string of the molecule is COc1ccc2nc(OC3CCN(C(=O)CCCSc4ccc(Cl)cc4)CC3)sc2c1. The third-order valence-electron chi connectivity index (χ3n) is 5.26. The highest BCUT2D eigenvalue weighted by atomic mass is 35.5. The third kappa shape index (κ3) is 6.05. The van der Waals surface area contributed by atoms with Crippen molar-refractivity contribution in [3.63, 3.8) is 0 Å². The Bertz CT molecular complexity index is 1020. The summed E-state index contributed by atoms with van der Waals surface area (Å²) in [6, 6.07) is 13.7. The topological polar surface area (TPSA) is 51.7 Å². The second-order valence-electron chi connectivity index (χ2n) is 7.42. The van der Waals surface area contributed by atoms with Gasteiger partial charge in [0.25, 0.3) is 5.19 Å². The number of nitrogens with zero attached hydrogens (tertiary/aromatic N) is 2. The average molecular weight is 477 g/mol. The molecule has 2 aromatic carbocycles. The van der Waals surface area contributed by atoms with Gasteiger partial charge in [-0.2, -0.15) is 0 Å². The molecule has 164 valence electrons. The van der Waals surface area contributed by atoms with Crippen molar-refractivity contribution in [2.75, 3.05) is 26.0 Å². The first-order chi connectivity index (χ1) is 15.1. The monoisotopic (exact) mass is 476 g/mol. The quantitative estimate of drug-likeness (QED) is 0.299. The number of hydrogen-bond donors (Lipinski definition) is 0. The van der Waals surface area contributed by atoms with Crippen molar-refractivity contribution >= 4 is 50.8 Å². The maximum absolute atomic E-state index is 12.5. The molecule has 1 aliphatic heterocycles. The van der Waals surface area contributed by atoms with Crippen molar-refractivity contribution in [2.24, 2.45) is 0 Å². The van der Waals surface area contributed by atoms with E-state index in [1.807, 2.05) is 47.4 Å². The summed E-state index contributed by atoms with van der Waals surface area (Å²) in [7, 11) is 1.66. The lowest BCUT2D eigenvalue weighted by molar-refractivity contribution is -0.133. The van der Waals surface area contributed by atoms with Crippen LogP contribution in [0.2, 0.25) is 5.02 Å². The van der Waals surface area contributed by atoms with E-state index in [0.29, 0.717) is 11.6 Å². The molecule has 1 aromatic heterocycles. The summed E-state index contributed by atoms with van der Waals surface area (Å²) in [4.78, 5) is 20.3. The molecule has 0 spiro atoms. The highest BCUT2D eigenvalue weighted by Crippen LogP contribution is 2.32. The minimum Gasteiger partial charge on any atom is -0.497 e. The normalized spacial score (nSPS) is 14.7. The Balaban J connectivity index is 1.18. The van der Waals surface area contributed by atoms with Gasteiger partial charge in [0, 0.05) is 42.3 Å². The molecule has 1 amide bonds. The van der Waals surface area contributed by atoms with Gasteiger partial charge in [0.1, 0.15) is 11.9 Å². The Morgan fingerprint density at radius 3 is 2.74 bits per heavy atom. The molecular weight excluding hydrogens is 452 g/mol. The number of rotatable bonds is 8. The lowest BCUT2D eigenvalue weighted by atomic mass is 10.1. The molecule has 0 saturated carbocycles. The molecule has 1 aliphatic rings. The van der Waals surface area contributed by atoms with E-state index in [4.69, 9.17) is 21.1 Å². The van der Waals surface area contributed by atoms with Crippen LogP contribution in [0.15, 0.2) is 47.4 Å². The molecule has 0 atom stereocenters. The van der Waals surface area contributed by atoms with Crippen molar-refractivity contribution in [1.29, 1.82) is 0 Å². The number of carbonyl (C=O) groups excluding carboxylic acids is 1. The Hall–Kier alpha value is -1.96. The van der Waals surface area contributed by atoms with Crippen LogP contribution in [0.25, 0.3) is 10.2 Å². The van der Waals surface area contributed by atoms with Gasteiger partial charge in [-0.1, -0.05) is 22.9 Å². The minimum atomic E-state index is 0.104. The molecule has 3 aromatic rings. The zero-order valence-electron chi connectivity index (χ0n) is 17.4. The Morgan fingerprint density at radius 1 is 1.23 bits per heavy atom. The van der Waals surface area contributed by atoms with E-state index in [1.54, 1.807) is 18.9 Å². The van der Waals surface area contributed by atoms with E-state index in [0.717, 1.165) is 59.1 Å². The summed E-state index contributed by atoms with van der Waals surface area (Å²) >= 11 is 9.21. The molecule has 0 radical (unpaired) electrons. The van der Waals surface area contributed by atoms with Crippen LogP contribution in [0.1, 0.15) is 25.7 Å². The van der Waals surface area contributed by atoms with Crippen molar-refractivity contribution in [1.82, 2.24) is 9.88 Å². The van der Waals surface area contributed by atoms with Crippen molar-refractivity contribution < 1.29 is 14.3 Å². The number of amides is 1. The fraction of sp³-hybridized carbons (Fsp3) is 0.391. The second-order valence-corrected chi connectivity index (χ2v) is 10.0. The summed E-state index contributed by atoms with van der Waals surface area (Å²) in [5.74, 6) is 1.98. The van der Waals surface area contributed by atoms with Gasteiger partial charge in [-0.05, 0) is 54.6 Å². The molecule has 0 aliphatic carbocycles. The largest absolute Gasteiger partial charge is 0.497 e. The van der Waals surface area contributed by atoms with E-state index in [1.165, 1.54) is 16.2 Å². The fourth-order valence-electron chi connectivity index (χ4n) is 3.53. The lowest BCUT2D eigenvalue weighted by Crippen LogP contribution is -2.41. The molecule has 1 saturated heterocycles. The maximum Gasteiger partial charge on any atom is 0.274 e. The summed E-state index contributed by atoms with van der Waals surface area (Å²) in [5, 5.41) is 1.43. The number of aromatic nitrogens is 1. The van der Waals surface area contributed by atoms with Gasteiger partial charge in [0.15, 0.2) is 0 Å². The van der Waals surface area contributed by atoms with E-state index in [2.05, 4.69) is 4.98 Å². The number of carbonyl (C=O) groups is 1. The zero-order valence-corrected chi connectivity index (χ0v) is 19.8. The first kappa shape index (κ1) is 22.2. The lowest BCUT2D eigenvalue weighted by Gasteiger charge is -2.31. The number of thiazole rings is 1. The standard InChI is InChI=1S/C23H25ClN2O3S2/c1-28-18-6-9-20-21(15-18)31-23(25-20)29-17-10-12-26(13-11-17)22(27)3-2-14-30-19-7-4-16(24)5-8-19/h4-9,15,17H,2-3,10-14H2,1H3. The summed E-state index contributed by atoms with van der Waals surface area (Å²) in [6.07, 6.45) is 3.24. The minimum absolute atomic E-state index is 0.104. The number of piperidine rings is 1. The van der Waals surface area contributed by atoms with Crippen LogP contribution >= 0.6 is 34.7 Å². The number of thioether (sulfide) groups is 1. The molecule has 0 unspecified atom stereocenters. The molecule has 4 rings (SSSR count). The van der Waals surface area contributed by atoms with Crippen LogP contribution in [-0.2, 0) is 4.79 Å². The zero-order chi connectivity index (χ0) is 21.6. The first-order valence-electron chi connectivity index (χ1n) is 10.4. The third-order valence-corrected chi connectivity index (χ3v) is 7.51.